The van der Waals surface area contributed by atoms with Gasteiger partial charge >= 0.3 is 0 Å². The molecule has 0 aliphatic carbocycles. The summed E-state index contributed by atoms with van der Waals surface area (Å²) in [6.07, 6.45) is 1.31. The molecule has 25 heavy (non-hydrogen) atoms. The topological polar surface area (TPSA) is 65.4 Å². The molecular formula is C19H19N3O3. The molecule has 1 saturated heterocycles. The standard InChI is InChI=1S/C19H19N3O3/c23-19(18-12-24-9-10-25-18)20-11-14-5-7-15(8-6-14)22-13-21-16-3-1-2-4-17(16)22/h1-8,13,18H,9-12H2,(H,20,23)/t18-/m0/s1. The van der Waals surface area contributed by atoms with Gasteiger partial charge in [0.05, 0.1) is 30.9 Å². The van der Waals surface area contributed by atoms with E-state index in [0.717, 1.165) is 22.3 Å². The summed E-state index contributed by atoms with van der Waals surface area (Å²) < 4.78 is 12.7. The molecule has 1 amide bonds. The SMILES string of the molecule is O=C(NCc1ccc(-n2cnc3ccccc32)cc1)[C@@H]1COCCO1. The molecule has 6 heteroatoms. The number of benzene rings is 2. The van der Waals surface area contributed by atoms with E-state index in [-0.39, 0.29) is 5.91 Å². The van der Waals surface area contributed by atoms with Crippen LogP contribution in [0, 0.1) is 0 Å². The summed E-state index contributed by atoms with van der Waals surface area (Å²) in [7, 11) is 0. The first-order valence-corrected chi connectivity index (χ1v) is 8.30. The van der Waals surface area contributed by atoms with Crippen molar-refractivity contribution < 1.29 is 14.3 Å². The van der Waals surface area contributed by atoms with Crippen LogP contribution >= 0.6 is 0 Å². The summed E-state index contributed by atoms with van der Waals surface area (Å²) in [4.78, 5) is 16.5. The van der Waals surface area contributed by atoms with Crippen LogP contribution in [-0.4, -0.2) is 41.4 Å². The molecule has 128 valence electrons. The second-order valence-electron chi connectivity index (χ2n) is 5.92. The number of carbonyl (C=O) groups excluding carboxylic acids is 1. The van der Waals surface area contributed by atoms with Crippen LogP contribution in [-0.2, 0) is 20.8 Å². The van der Waals surface area contributed by atoms with Crippen LogP contribution in [0.3, 0.4) is 0 Å². The van der Waals surface area contributed by atoms with Gasteiger partial charge in [0.15, 0.2) is 6.10 Å². The van der Waals surface area contributed by atoms with Gasteiger partial charge in [-0.1, -0.05) is 24.3 Å². The lowest BCUT2D eigenvalue weighted by Gasteiger charge is -2.22. The van der Waals surface area contributed by atoms with Gasteiger partial charge < -0.3 is 14.8 Å². The van der Waals surface area contributed by atoms with E-state index in [4.69, 9.17) is 9.47 Å². The minimum Gasteiger partial charge on any atom is -0.376 e. The smallest absolute Gasteiger partial charge is 0.251 e. The molecule has 0 bridgehead atoms. The highest BCUT2D eigenvalue weighted by Gasteiger charge is 2.22. The average molecular weight is 337 g/mol. The molecule has 4 rings (SSSR count). The number of hydrogen-bond donors (Lipinski definition) is 1. The Morgan fingerprint density at radius 3 is 2.80 bits per heavy atom. The number of carbonyl (C=O) groups is 1. The minimum atomic E-state index is -0.509. The maximum absolute atomic E-state index is 12.0. The Labute approximate surface area is 145 Å². The number of imidazole rings is 1. The van der Waals surface area contributed by atoms with Crippen LogP contribution in [0.5, 0.6) is 0 Å². The Morgan fingerprint density at radius 1 is 1.16 bits per heavy atom. The lowest BCUT2D eigenvalue weighted by molar-refractivity contribution is -0.147. The van der Waals surface area contributed by atoms with Gasteiger partial charge in [-0.3, -0.25) is 9.36 Å². The van der Waals surface area contributed by atoms with E-state index in [2.05, 4.69) is 10.3 Å². The number of hydrogen-bond acceptors (Lipinski definition) is 4. The van der Waals surface area contributed by atoms with Crippen LogP contribution < -0.4 is 5.32 Å². The number of nitrogens with zero attached hydrogens (tertiary/aromatic N) is 2. The molecule has 1 atom stereocenters. The van der Waals surface area contributed by atoms with Crippen LogP contribution in [0.15, 0.2) is 54.9 Å². The normalized spacial score (nSPS) is 17.5. The lowest BCUT2D eigenvalue weighted by Crippen LogP contribution is -2.42. The zero-order chi connectivity index (χ0) is 17.1. The van der Waals surface area contributed by atoms with Crippen molar-refractivity contribution in [2.45, 2.75) is 12.6 Å². The number of aromatic nitrogens is 2. The van der Waals surface area contributed by atoms with Crippen LogP contribution in [0.2, 0.25) is 0 Å². The van der Waals surface area contributed by atoms with Crippen molar-refractivity contribution in [3.05, 3.63) is 60.4 Å². The molecule has 1 N–H and O–H groups in total. The van der Waals surface area contributed by atoms with Crippen molar-refractivity contribution in [1.82, 2.24) is 14.9 Å². The van der Waals surface area contributed by atoms with Crippen LogP contribution in [0.25, 0.3) is 16.7 Å². The Balaban J connectivity index is 1.42. The zero-order valence-corrected chi connectivity index (χ0v) is 13.7. The van der Waals surface area contributed by atoms with E-state index < -0.39 is 6.10 Å². The second kappa shape index (κ2) is 7.04. The Kier molecular flexibility index (Phi) is 4.45. The van der Waals surface area contributed by atoms with Crippen molar-refractivity contribution in [2.75, 3.05) is 19.8 Å². The van der Waals surface area contributed by atoms with Gasteiger partial charge in [-0.15, -0.1) is 0 Å². The van der Waals surface area contributed by atoms with Crippen molar-refractivity contribution in [1.29, 1.82) is 0 Å². The molecule has 1 fully saturated rings. The number of ether oxygens (including phenoxy) is 2. The number of nitrogens with one attached hydrogen (secondary N) is 1. The third kappa shape index (κ3) is 3.40. The Bertz CT molecular complexity index is 867. The van der Waals surface area contributed by atoms with Gasteiger partial charge in [-0.2, -0.15) is 0 Å². The van der Waals surface area contributed by atoms with Crippen molar-refractivity contribution >= 4 is 16.9 Å². The largest absolute Gasteiger partial charge is 0.376 e. The summed E-state index contributed by atoms with van der Waals surface area (Å²) >= 11 is 0. The third-order valence-corrected chi connectivity index (χ3v) is 4.24. The number of rotatable bonds is 4. The summed E-state index contributed by atoms with van der Waals surface area (Å²) in [5, 5.41) is 2.89. The fourth-order valence-electron chi connectivity index (χ4n) is 2.88. The van der Waals surface area contributed by atoms with E-state index in [1.807, 2.05) is 59.4 Å². The number of para-hydroxylation sites is 2. The predicted octanol–water partition coefficient (Wildman–Crippen LogP) is 2.06. The quantitative estimate of drug-likeness (QED) is 0.791. The Hall–Kier alpha value is -2.70. The van der Waals surface area contributed by atoms with E-state index in [9.17, 15) is 4.79 Å². The van der Waals surface area contributed by atoms with Crippen molar-refractivity contribution in [2.24, 2.45) is 0 Å². The summed E-state index contributed by atoms with van der Waals surface area (Å²) in [5.74, 6) is -0.135. The van der Waals surface area contributed by atoms with E-state index in [1.165, 1.54) is 0 Å². The zero-order valence-electron chi connectivity index (χ0n) is 13.7. The molecular weight excluding hydrogens is 318 g/mol. The fourth-order valence-corrected chi connectivity index (χ4v) is 2.88. The van der Waals surface area contributed by atoms with Gasteiger partial charge in [-0.25, -0.2) is 4.98 Å². The minimum absolute atomic E-state index is 0.135. The fraction of sp³-hybridized carbons (Fsp3) is 0.263. The predicted molar refractivity (Wildman–Crippen MR) is 93.5 cm³/mol. The Morgan fingerprint density at radius 2 is 2.00 bits per heavy atom. The summed E-state index contributed by atoms with van der Waals surface area (Å²) in [6.45, 7) is 1.79. The highest BCUT2D eigenvalue weighted by Crippen LogP contribution is 2.18. The summed E-state index contributed by atoms with van der Waals surface area (Å²) in [6, 6.07) is 16.1. The molecule has 0 radical (unpaired) electrons. The molecule has 2 aromatic carbocycles. The molecule has 0 unspecified atom stereocenters. The van der Waals surface area contributed by atoms with Gasteiger partial charge in [-0.05, 0) is 29.8 Å². The van der Waals surface area contributed by atoms with Gasteiger partial charge in [0.25, 0.3) is 5.91 Å². The lowest BCUT2D eigenvalue weighted by atomic mass is 10.2. The maximum Gasteiger partial charge on any atom is 0.251 e. The first kappa shape index (κ1) is 15.8. The first-order valence-electron chi connectivity index (χ1n) is 8.30. The average Bonchev–Trinajstić information content (AvgIpc) is 3.11. The van der Waals surface area contributed by atoms with E-state index >= 15 is 0 Å². The molecule has 1 aromatic heterocycles. The molecule has 0 spiro atoms. The third-order valence-electron chi connectivity index (χ3n) is 4.24. The number of fused-ring (bicyclic) bond motifs is 1. The highest BCUT2D eigenvalue weighted by atomic mass is 16.6. The van der Waals surface area contributed by atoms with Gasteiger partial charge in [0.1, 0.15) is 6.33 Å². The number of amides is 1. The van der Waals surface area contributed by atoms with Gasteiger partial charge in [0, 0.05) is 12.2 Å². The van der Waals surface area contributed by atoms with E-state index in [1.54, 1.807) is 0 Å². The molecule has 3 aromatic rings. The van der Waals surface area contributed by atoms with Gasteiger partial charge in [0.2, 0.25) is 0 Å². The molecule has 1 aliphatic heterocycles. The maximum atomic E-state index is 12.0. The second-order valence-corrected chi connectivity index (χ2v) is 5.92. The monoisotopic (exact) mass is 337 g/mol. The first-order chi connectivity index (χ1) is 12.3. The highest BCUT2D eigenvalue weighted by molar-refractivity contribution is 5.81. The molecule has 1 aliphatic rings. The summed E-state index contributed by atoms with van der Waals surface area (Å²) in [5.41, 5.74) is 4.09. The van der Waals surface area contributed by atoms with Crippen LogP contribution in [0.1, 0.15) is 5.56 Å². The molecule has 0 saturated carbocycles. The van der Waals surface area contributed by atoms with Crippen molar-refractivity contribution in [3.63, 3.8) is 0 Å². The molecule has 2 heterocycles. The van der Waals surface area contributed by atoms with Crippen molar-refractivity contribution in [3.8, 4) is 5.69 Å². The van der Waals surface area contributed by atoms with Crippen LogP contribution in [0.4, 0.5) is 0 Å². The van der Waals surface area contributed by atoms with E-state index in [0.29, 0.717) is 26.4 Å². The molecule has 6 nitrogen and oxygen atoms in total.